The zero-order valence-electron chi connectivity index (χ0n) is 8.45. The molecule has 0 aliphatic heterocycles. The van der Waals surface area contributed by atoms with Crippen molar-refractivity contribution in [2.45, 2.75) is 6.92 Å². The summed E-state index contributed by atoms with van der Waals surface area (Å²) in [4.78, 5) is 14.8. The fourth-order valence-corrected chi connectivity index (χ4v) is 0.936. The number of carbonyl (C=O) groups is 1. The van der Waals surface area contributed by atoms with Crippen LogP contribution in [0.5, 0.6) is 0 Å². The normalized spacial score (nSPS) is 11.0. The van der Waals surface area contributed by atoms with Gasteiger partial charge < -0.3 is 4.74 Å². The van der Waals surface area contributed by atoms with E-state index in [1.165, 1.54) is 31.4 Å². The number of amides is 1. The lowest BCUT2D eigenvalue weighted by Gasteiger charge is -2.02. The lowest BCUT2D eigenvalue weighted by atomic mass is 10.3. The summed E-state index contributed by atoms with van der Waals surface area (Å²) in [5.41, 5.74) is 0.560. The van der Waals surface area contributed by atoms with Crippen LogP contribution in [-0.4, -0.2) is 19.0 Å². The number of amidine groups is 1. The third kappa shape index (κ3) is 3.76. The van der Waals surface area contributed by atoms with Gasteiger partial charge in [0.15, 0.2) is 0 Å². The first kappa shape index (κ1) is 11.2. The van der Waals surface area contributed by atoms with E-state index in [4.69, 9.17) is 0 Å². The van der Waals surface area contributed by atoms with E-state index in [0.29, 0.717) is 11.5 Å². The van der Waals surface area contributed by atoms with E-state index >= 15 is 0 Å². The first-order valence-electron chi connectivity index (χ1n) is 4.27. The number of benzene rings is 1. The number of alkyl carbamates (subject to hydrolysis) is 1. The van der Waals surface area contributed by atoms with Crippen molar-refractivity contribution < 1.29 is 13.9 Å². The van der Waals surface area contributed by atoms with Gasteiger partial charge in [-0.2, -0.15) is 0 Å². The molecule has 1 N–H and O–H groups in total. The molecule has 5 heteroatoms. The van der Waals surface area contributed by atoms with Crippen LogP contribution in [0.1, 0.15) is 6.92 Å². The molecule has 1 amide bonds. The largest absolute Gasteiger partial charge is 0.453 e. The zero-order chi connectivity index (χ0) is 11.3. The fraction of sp³-hybridized carbons (Fsp3) is 0.200. The molecule has 0 fully saturated rings. The average Bonchev–Trinajstić information content (AvgIpc) is 2.21. The maximum absolute atomic E-state index is 12.6. The second-order valence-corrected chi connectivity index (χ2v) is 2.79. The highest BCUT2D eigenvalue weighted by molar-refractivity contribution is 5.95. The van der Waals surface area contributed by atoms with Gasteiger partial charge >= 0.3 is 6.09 Å². The van der Waals surface area contributed by atoms with Crippen molar-refractivity contribution in [3.05, 3.63) is 30.1 Å². The Morgan fingerprint density at radius 2 is 2.00 bits per heavy atom. The first-order valence-corrected chi connectivity index (χ1v) is 4.27. The number of ether oxygens (including phenoxy) is 1. The van der Waals surface area contributed by atoms with Gasteiger partial charge in [0.2, 0.25) is 0 Å². The van der Waals surface area contributed by atoms with Gasteiger partial charge in [0.25, 0.3) is 0 Å². The lowest BCUT2D eigenvalue weighted by molar-refractivity contribution is 0.177. The van der Waals surface area contributed by atoms with Crippen molar-refractivity contribution in [2.24, 2.45) is 4.99 Å². The Kier molecular flexibility index (Phi) is 3.79. The van der Waals surface area contributed by atoms with E-state index < -0.39 is 6.09 Å². The molecule has 4 nitrogen and oxygen atoms in total. The second-order valence-electron chi connectivity index (χ2n) is 2.79. The van der Waals surface area contributed by atoms with Crippen LogP contribution in [0.15, 0.2) is 29.3 Å². The van der Waals surface area contributed by atoms with E-state index in [0.717, 1.165) is 0 Å². The fourth-order valence-electron chi connectivity index (χ4n) is 0.936. The Morgan fingerprint density at radius 3 is 2.53 bits per heavy atom. The van der Waals surface area contributed by atoms with Crippen LogP contribution in [-0.2, 0) is 4.74 Å². The van der Waals surface area contributed by atoms with Gasteiger partial charge in [0.05, 0.1) is 12.8 Å². The SMILES string of the molecule is COC(=O)NC(C)=Nc1ccc(F)cc1. The monoisotopic (exact) mass is 210 g/mol. The summed E-state index contributed by atoms with van der Waals surface area (Å²) in [6.07, 6.45) is -0.585. The molecule has 0 radical (unpaired) electrons. The molecule has 0 aliphatic carbocycles. The molecule has 0 atom stereocenters. The molecule has 0 saturated carbocycles. The van der Waals surface area contributed by atoms with Gasteiger partial charge in [-0.05, 0) is 31.2 Å². The maximum atomic E-state index is 12.6. The summed E-state index contributed by atoms with van der Waals surface area (Å²) in [6, 6.07) is 5.62. The summed E-state index contributed by atoms with van der Waals surface area (Å²) in [5.74, 6) is 0.0565. The van der Waals surface area contributed by atoms with E-state index in [-0.39, 0.29) is 5.82 Å². The molecular weight excluding hydrogens is 199 g/mol. The minimum atomic E-state index is -0.585. The Labute approximate surface area is 86.8 Å². The summed E-state index contributed by atoms with van der Waals surface area (Å²) < 4.78 is 16.9. The quantitative estimate of drug-likeness (QED) is 0.570. The van der Waals surface area contributed by atoms with Gasteiger partial charge in [-0.15, -0.1) is 0 Å². The van der Waals surface area contributed by atoms with Crippen LogP contribution in [0, 0.1) is 5.82 Å². The van der Waals surface area contributed by atoms with E-state index in [1.807, 2.05) is 0 Å². The molecular formula is C10H11FN2O2. The van der Waals surface area contributed by atoms with Crippen molar-refractivity contribution in [1.82, 2.24) is 5.32 Å². The third-order valence-corrected chi connectivity index (χ3v) is 1.59. The van der Waals surface area contributed by atoms with Gasteiger partial charge in [0, 0.05) is 0 Å². The van der Waals surface area contributed by atoms with Crippen LogP contribution in [0.4, 0.5) is 14.9 Å². The predicted octanol–water partition coefficient (Wildman–Crippen LogP) is 2.23. The molecule has 1 aromatic carbocycles. The number of methoxy groups -OCH3 is 1. The number of nitrogens with one attached hydrogen (secondary N) is 1. The Morgan fingerprint density at radius 1 is 1.40 bits per heavy atom. The minimum Gasteiger partial charge on any atom is -0.453 e. The lowest BCUT2D eigenvalue weighted by Crippen LogP contribution is -2.27. The van der Waals surface area contributed by atoms with Crippen LogP contribution in [0.3, 0.4) is 0 Å². The van der Waals surface area contributed by atoms with E-state index in [1.54, 1.807) is 6.92 Å². The van der Waals surface area contributed by atoms with Gasteiger partial charge in [-0.25, -0.2) is 14.2 Å². The molecule has 15 heavy (non-hydrogen) atoms. The van der Waals surface area contributed by atoms with Crippen LogP contribution in [0.2, 0.25) is 0 Å². The zero-order valence-corrected chi connectivity index (χ0v) is 8.45. The molecule has 0 saturated heterocycles. The number of aliphatic imine (C=N–C) groups is 1. The third-order valence-electron chi connectivity index (χ3n) is 1.59. The molecule has 0 heterocycles. The summed E-state index contributed by atoms with van der Waals surface area (Å²) in [5, 5.41) is 2.39. The van der Waals surface area contributed by atoms with Gasteiger partial charge in [-0.1, -0.05) is 0 Å². The van der Waals surface area contributed by atoms with Crippen LogP contribution >= 0.6 is 0 Å². The smallest absolute Gasteiger partial charge is 0.412 e. The van der Waals surface area contributed by atoms with Crippen molar-refractivity contribution in [3.63, 3.8) is 0 Å². The van der Waals surface area contributed by atoms with Gasteiger partial charge in [-0.3, -0.25) is 5.32 Å². The van der Waals surface area contributed by atoms with E-state index in [2.05, 4.69) is 15.0 Å². The molecule has 0 unspecified atom stereocenters. The minimum absolute atomic E-state index is 0.326. The van der Waals surface area contributed by atoms with Crippen molar-refractivity contribution in [2.75, 3.05) is 7.11 Å². The van der Waals surface area contributed by atoms with Crippen LogP contribution in [0.25, 0.3) is 0 Å². The number of nitrogens with zero attached hydrogens (tertiary/aromatic N) is 1. The van der Waals surface area contributed by atoms with Crippen LogP contribution < -0.4 is 5.32 Å². The second kappa shape index (κ2) is 5.09. The van der Waals surface area contributed by atoms with E-state index in [9.17, 15) is 9.18 Å². The molecule has 1 aromatic rings. The number of carbonyl (C=O) groups excluding carboxylic acids is 1. The Bertz CT molecular complexity index is 374. The molecule has 0 aliphatic rings. The summed E-state index contributed by atoms with van der Waals surface area (Å²) in [7, 11) is 1.26. The molecule has 0 bridgehead atoms. The Balaban J connectivity index is 2.70. The number of hydrogen-bond donors (Lipinski definition) is 1. The molecule has 1 rings (SSSR count). The highest BCUT2D eigenvalue weighted by Gasteiger charge is 1.99. The first-order chi connectivity index (χ1) is 7.11. The topological polar surface area (TPSA) is 50.7 Å². The number of hydrogen-bond acceptors (Lipinski definition) is 3. The highest BCUT2D eigenvalue weighted by Crippen LogP contribution is 2.11. The average molecular weight is 210 g/mol. The van der Waals surface area contributed by atoms with Crippen molar-refractivity contribution in [3.8, 4) is 0 Å². The van der Waals surface area contributed by atoms with Crippen molar-refractivity contribution in [1.29, 1.82) is 0 Å². The van der Waals surface area contributed by atoms with Crippen molar-refractivity contribution >= 4 is 17.6 Å². The number of rotatable bonds is 1. The summed E-state index contributed by atoms with van der Waals surface area (Å²) in [6.45, 7) is 1.61. The predicted molar refractivity (Wildman–Crippen MR) is 54.7 cm³/mol. The highest BCUT2D eigenvalue weighted by atomic mass is 19.1. The molecule has 0 spiro atoms. The van der Waals surface area contributed by atoms with Gasteiger partial charge in [0.1, 0.15) is 11.7 Å². The maximum Gasteiger partial charge on any atom is 0.412 e. The molecule has 0 aromatic heterocycles. The number of halogens is 1. The summed E-state index contributed by atoms with van der Waals surface area (Å²) >= 11 is 0. The molecule has 80 valence electrons. The Hall–Kier alpha value is -1.91. The standard InChI is InChI=1S/C10H11FN2O2/c1-7(13-10(14)15-2)12-9-5-3-8(11)4-6-9/h3-6H,1-2H3,(H,12,13,14).